The van der Waals surface area contributed by atoms with Crippen LogP contribution in [-0.2, 0) is 6.42 Å². The van der Waals surface area contributed by atoms with E-state index in [2.05, 4.69) is 49.2 Å². The lowest BCUT2D eigenvalue weighted by Crippen LogP contribution is -2.48. The number of H-pyrrole nitrogens is 1. The third-order valence-corrected chi connectivity index (χ3v) is 4.55. The van der Waals surface area contributed by atoms with Crippen molar-refractivity contribution in [1.82, 2.24) is 30.7 Å². The number of piperidine rings is 1. The number of likely N-dealkylation sites (tertiary alicyclic amines) is 1. The first-order chi connectivity index (χ1) is 13.3. The van der Waals surface area contributed by atoms with Crippen LogP contribution in [0, 0.1) is 0 Å². The molecule has 3 rings (SSSR count). The first-order valence-corrected chi connectivity index (χ1v) is 9.61. The maximum Gasteiger partial charge on any atom is 0.216 e. The van der Waals surface area contributed by atoms with Crippen molar-refractivity contribution in [2.24, 2.45) is 4.99 Å². The number of aliphatic imine (C=N–C) groups is 1. The largest absolute Gasteiger partial charge is 0.461 e. The van der Waals surface area contributed by atoms with Gasteiger partial charge in [-0.05, 0) is 31.9 Å². The molecule has 0 atom stereocenters. The van der Waals surface area contributed by atoms with Gasteiger partial charge >= 0.3 is 0 Å². The van der Waals surface area contributed by atoms with Crippen molar-refractivity contribution < 1.29 is 4.42 Å². The van der Waals surface area contributed by atoms with Gasteiger partial charge in [0.25, 0.3) is 0 Å². The number of hydrogen-bond acceptors (Lipinski definition) is 5. The van der Waals surface area contributed by atoms with Crippen molar-refractivity contribution in [3.8, 4) is 11.6 Å². The van der Waals surface area contributed by atoms with Gasteiger partial charge in [0.2, 0.25) is 5.82 Å². The number of rotatable bonds is 8. The molecule has 0 unspecified atom stereocenters. The van der Waals surface area contributed by atoms with Crippen LogP contribution in [0.2, 0.25) is 0 Å². The van der Waals surface area contributed by atoms with Crippen LogP contribution >= 0.6 is 24.0 Å². The first-order valence-electron chi connectivity index (χ1n) is 9.61. The zero-order valence-corrected chi connectivity index (χ0v) is 18.7. The van der Waals surface area contributed by atoms with Crippen LogP contribution in [0.4, 0.5) is 0 Å². The number of nitrogens with one attached hydrogen (secondary N) is 3. The second-order valence-electron chi connectivity index (χ2n) is 6.60. The van der Waals surface area contributed by atoms with Gasteiger partial charge in [0.05, 0.1) is 6.26 Å². The maximum absolute atomic E-state index is 5.31. The molecule has 0 radical (unpaired) electrons. The molecule has 28 heavy (non-hydrogen) atoms. The van der Waals surface area contributed by atoms with E-state index in [9.17, 15) is 0 Å². The highest BCUT2D eigenvalue weighted by Gasteiger charge is 2.19. The third kappa shape index (κ3) is 6.62. The highest BCUT2D eigenvalue weighted by Crippen LogP contribution is 2.14. The summed E-state index contributed by atoms with van der Waals surface area (Å²) in [4.78, 5) is 11.6. The molecule has 0 spiro atoms. The predicted octanol–water partition coefficient (Wildman–Crippen LogP) is 2.43. The summed E-state index contributed by atoms with van der Waals surface area (Å²) in [6.07, 6.45) is 6.52. The summed E-state index contributed by atoms with van der Waals surface area (Å²) < 4.78 is 5.31. The fraction of sp³-hybridized carbons (Fsp3) is 0.526. The zero-order chi connectivity index (χ0) is 18.9. The molecule has 0 amide bonds. The number of aromatic amines is 1. The highest BCUT2D eigenvalue weighted by molar-refractivity contribution is 14.0. The van der Waals surface area contributed by atoms with Crippen molar-refractivity contribution in [2.75, 3.05) is 32.7 Å². The molecule has 154 valence electrons. The molecule has 1 aliphatic heterocycles. The van der Waals surface area contributed by atoms with Crippen LogP contribution in [0.15, 0.2) is 40.5 Å². The SMILES string of the molecule is C=CCN1CCC(NC(=NCCc2nc(-c3ccco3)n[nH]2)NCC)CC1.I. The van der Waals surface area contributed by atoms with Crippen molar-refractivity contribution in [3.05, 3.63) is 36.9 Å². The highest BCUT2D eigenvalue weighted by atomic mass is 127. The standard InChI is InChI=1S/C19H29N7O.HI/c1-3-11-26-12-8-15(9-13-26)22-19(20-4-2)21-10-7-17-23-18(25-24-17)16-6-5-14-27-16;/h3,5-6,14-15H,1,4,7-13H2,2H3,(H2,20,21,22)(H,23,24,25);1H. The van der Waals surface area contributed by atoms with Crippen molar-refractivity contribution in [3.63, 3.8) is 0 Å². The Hall–Kier alpha value is -1.88. The lowest BCUT2D eigenvalue weighted by Gasteiger charge is -2.32. The summed E-state index contributed by atoms with van der Waals surface area (Å²) in [5, 5.41) is 14.0. The molecule has 0 aliphatic carbocycles. The van der Waals surface area contributed by atoms with E-state index < -0.39 is 0 Å². The molecule has 2 aromatic rings. The fourth-order valence-electron chi connectivity index (χ4n) is 3.15. The van der Waals surface area contributed by atoms with Crippen molar-refractivity contribution >= 4 is 29.9 Å². The summed E-state index contributed by atoms with van der Waals surface area (Å²) in [7, 11) is 0. The van der Waals surface area contributed by atoms with Gasteiger partial charge in [-0.1, -0.05) is 6.08 Å². The Morgan fingerprint density at radius 3 is 2.96 bits per heavy atom. The molecule has 0 bridgehead atoms. The summed E-state index contributed by atoms with van der Waals surface area (Å²) in [5.74, 6) is 2.92. The third-order valence-electron chi connectivity index (χ3n) is 4.55. The normalized spacial score (nSPS) is 15.8. The first kappa shape index (κ1) is 22.4. The Morgan fingerprint density at radius 2 is 2.29 bits per heavy atom. The number of nitrogens with zero attached hydrogens (tertiary/aromatic N) is 4. The average Bonchev–Trinajstić information content (AvgIpc) is 3.35. The maximum atomic E-state index is 5.31. The summed E-state index contributed by atoms with van der Waals surface area (Å²) >= 11 is 0. The molecule has 8 nitrogen and oxygen atoms in total. The van der Waals surface area contributed by atoms with E-state index in [1.54, 1.807) is 6.26 Å². The molecule has 3 N–H and O–H groups in total. The van der Waals surface area contributed by atoms with Gasteiger partial charge in [-0.15, -0.1) is 30.6 Å². The molecule has 0 aromatic carbocycles. The molecule has 0 saturated carbocycles. The summed E-state index contributed by atoms with van der Waals surface area (Å²) in [6, 6.07) is 4.13. The summed E-state index contributed by atoms with van der Waals surface area (Å²) in [6.45, 7) is 10.5. The number of guanidine groups is 1. The van der Waals surface area contributed by atoms with E-state index in [4.69, 9.17) is 4.42 Å². The number of aromatic nitrogens is 3. The van der Waals surface area contributed by atoms with E-state index in [1.165, 1.54) is 0 Å². The van der Waals surface area contributed by atoms with E-state index in [1.807, 2.05) is 18.2 Å². The van der Waals surface area contributed by atoms with E-state index in [-0.39, 0.29) is 24.0 Å². The second kappa shape index (κ2) is 11.8. The predicted molar refractivity (Wildman–Crippen MR) is 122 cm³/mol. The molecule has 1 saturated heterocycles. The van der Waals surface area contributed by atoms with Gasteiger partial charge in [-0.25, -0.2) is 4.98 Å². The number of hydrogen-bond donors (Lipinski definition) is 3. The lowest BCUT2D eigenvalue weighted by molar-refractivity contribution is 0.225. The summed E-state index contributed by atoms with van der Waals surface area (Å²) in [5.41, 5.74) is 0. The van der Waals surface area contributed by atoms with E-state index in [0.717, 1.165) is 50.8 Å². The smallest absolute Gasteiger partial charge is 0.216 e. The Kier molecular flexibility index (Phi) is 9.48. The van der Waals surface area contributed by atoms with Gasteiger partial charge in [0.15, 0.2) is 11.7 Å². The van der Waals surface area contributed by atoms with Gasteiger partial charge in [-0.3, -0.25) is 15.0 Å². The molecule has 9 heteroatoms. The fourth-order valence-corrected chi connectivity index (χ4v) is 3.15. The Balaban J connectivity index is 0.00000280. The molecule has 3 heterocycles. The lowest BCUT2D eigenvalue weighted by atomic mass is 10.1. The zero-order valence-electron chi connectivity index (χ0n) is 16.4. The molecular formula is C19H30IN7O. The minimum Gasteiger partial charge on any atom is -0.461 e. The number of furan rings is 1. The van der Waals surface area contributed by atoms with E-state index in [0.29, 0.717) is 30.6 Å². The molecule has 1 aliphatic rings. The average molecular weight is 499 g/mol. The van der Waals surface area contributed by atoms with Crippen LogP contribution in [0.1, 0.15) is 25.6 Å². The Bertz CT molecular complexity index is 720. The Morgan fingerprint density at radius 1 is 1.46 bits per heavy atom. The minimum absolute atomic E-state index is 0. The van der Waals surface area contributed by atoms with Crippen LogP contribution < -0.4 is 10.6 Å². The number of halogens is 1. The molecule has 1 fully saturated rings. The van der Waals surface area contributed by atoms with Crippen LogP contribution in [0.3, 0.4) is 0 Å². The Labute approximate surface area is 183 Å². The molecular weight excluding hydrogens is 469 g/mol. The second-order valence-corrected chi connectivity index (χ2v) is 6.60. The molecule has 2 aromatic heterocycles. The van der Waals surface area contributed by atoms with E-state index >= 15 is 0 Å². The van der Waals surface area contributed by atoms with Crippen LogP contribution in [-0.4, -0.2) is 64.8 Å². The van der Waals surface area contributed by atoms with Crippen LogP contribution in [0.25, 0.3) is 11.6 Å². The van der Waals surface area contributed by atoms with Gasteiger partial charge in [0.1, 0.15) is 5.82 Å². The monoisotopic (exact) mass is 499 g/mol. The van der Waals surface area contributed by atoms with Crippen molar-refractivity contribution in [1.29, 1.82) is 0 Å². The minimum atomic E-state index is 0. The van der Waals surface area contributed by atoms with Crippen molar-refractivity contribution in [2.45, 2.75) is 32.2 Å². The quantitative estimate of drug-likeness (QED) is 0.224. The van der Waals surface area contributed by atoms with Crippen LogP contribution in [0.5, 0.6) is 0 Å². The van der Waals surface area contributed by atoms with Gasteiger partial charge < -0.3 is 15.1 Å². The topological polar surface area (TPSA) is 94.4 Å². The van der Waals surface area contributed by atoms with Gasteiger partial charge in [-0.2, -0.15) is 5.10 Å². The van der Waals surface area contributed by atoms with Gasteiger partial charge in [0, 0.05) is 45.2 Å².